The van der Waals surface area contributed by atoms with Crippen LogP contribution < -0.4 is 0 Å². The smallest absolute Gasteiger partial charge is 0.361 e. The van der Waals surface area contributed by atoms with Crippen LogP contribution in [0, 0.1) is 0 Å². The molecule has 0 amide bonds. The van der Waals surface area contributed by atoms with Gasteiger partial charge in [-0.25, -0.2) is 0 Å². The fraction of sp³-hybridized carbons (Fsp3) is 0.200. The molecular formula is C10H8F3NS. The molecule has 5 heteroatoms. The molecule has 0 spiro atoms. The molecule has 1 aromatic carbocycles. The summed E-state index contributed by atoms with van der Waals surface area (Å²) < 4.78 is 36.0. The lowest BCUT2D eigenvalue weighted by atomic mass is 10.2. The first-order chi connectivity index (χ1) is 7.06. The lowest BCUT2D eigenvalue weighted by Gasteiger charge is -2.03. The molecule has 80 valence electrons. The third-order valence-corrected chi connectivity index (χ3v) is 2.85. The molecule has 1 N–H and O–H groups in total. The Morgan fingerprint density at radius 2 is 1.93 bits per heavy atom. The van der Waals surface area contributed by atoms with Crippen LogP contribution in [-0.2, 0) is 5.75 Å². The first-order valence-corrected chi connectivity index (χ1v) is 5.30. The fourth-order valence-electron chi connectivity index (χ4n) is 1.41. The maximum atomic E-state index is 12.0. The summed E-state index contributed by atoms with van der Waals surface area (Å²) in [4.78, 5) is 2.94. The monoisotopic (exact) mass is 231 g/mol. The number of para-hydroxylation sites is 1. The zero-order chi connectivity index (χ0) is 10.9. The maximum Gasteiger partial charge on any atom is 0.442 e. The second-order valence-electron chi connectivity index (χ2n) is 3.09. The normalized spacial score (nSPS) is 12.2. The summed E-state index contributed by atoms with van der Waals surface area (Å²) in [6.07, 6.45) is 1.63. The van der Waals surface area contributed by atoms with E-state index in [1.54, 1.807) is 6.20 Å². The minimum atomic E-state index is -4.17. The van der Waals surface area contributed by atoms with E-state index >= 15 is 0 Å². The number of alkyl halides is 3. The number of rotatable bonds is 2. The van der Waals surface area contributed by atoms with E-state index < -0.39 is 5.51 Å². The van der Waals surface area contributed by atoms with E-state index in [0.29, 0.717) is 5.56 Å². The van der Waals surface area contributed by atoms with Crippen LogP contribution in [0.1, 0.15) is 5.56 Å². The summed E-state index contributed by atoms with van der Waals surface area (Å²) in [5.41, 5.74) is -2.61. The van der Waals surface area contributed by atoms with Crippen LogP contribution in [0.15, 0.2) is 30.5 Å². The van der Waals surface area contributed by atoms with Crippen molar-refractivity contribution in [2.75, 3.05) is 0 Å². The van der Waals surface area contributed by atoms with Crippen LogP contribution in [0.2, 0.25) is 0 Å². The zero-order valence-corrected chi connectivity index (χ0v) is 8.45. The number of halogens is 3. The predicted octanol–water partition coefficient (Wildman–Crippen LogP) is 3.92. The molecule has 1 aromatic heterocycles. The Bertz CT molecular complexity index is 461. The van der Waals surface area contributed by atoms with Crippen molar-refractivity contribution in [1.29, 1.82) is 0 Å². The van der Waals surface area contributed by atoms with Gasteiger partial charge in [-0.1, -0.05) is 18.2 Å². The van der Waals surface area contributed by atoms with Crippen molar-refractivity contribution in [3.63, 3.8) is 0 Å². The van der Waals surface area contributed by atoms with Crippen LogP contribution in [0.5, 0.6) is 0 Å². The van der Waals surface area contributed by atoms with Gasteiger partial charge in [0.1, 0.15) is 0 Å². The molecule has 0 atom stereocenters. The molecule has 15 heavy (non-hydrogen) atoms. The van der Waals surface area contributed by atoms with Crippen LogP contribution in [0.4, 0.5) is 13.2 Å². The highest BCUT2D eigenvalue weighted by molar-refractivity contribution is 7.99. The van der Waals surface area contributed by atoms with Gasteiger partial charge in [-0.15, -0.1) is 0 Å². The Hall–Kier alpha value is -1.10. The Morgan fingerprint density at radius 3 is 2.67 bits per heavy atom. The lowest BCUT2D eigenvalue weighted by molar-refractivity contribution is -0.0329. The SMILES string of the molecule is FC(F)(F)SCc1c[nH]c2ccccc12. The summed E-state index contributed by atoms with van der Waals surface area (Å²) in [5, 5.41) is 0.856. The van der Waals surface area contributed by atoms with Gasteiger partial charge in [0.15, 0.2) is 0 Å². The van der Waals surface area contributed by atoms with Crippen LogP contribution in [0.3, 0.4) is 0 Å². The molecule has 0 unspecified atom stereocenters. The first-order valence-electron chi connectivity index (χ1n) is 4.32. The van der Waals surface area contributed by atoms with Crippen molar-refractivity contribution in [3.8, 4) is 0 Å². The van der Waals surface area contributed by atoms with Crippen molar-refractivity contribution >= 4 is 22.7 Å². The third-order valence-electron chi connectivity index (χ3n) is 2.07. The van der Waals surface area contributed by atoms with Crippen LogP contribution in [-0.4, -0.2) is 10.5 Å². The van der Waals surface area contributed by atoms with Gasteiger partial charge >= 0.3 is 5.51 Å². The quantitative estimate of drug-likeness (QED) is 0.828. The molecule has 0 radical (unpaired) electrons. The number of fused-ring (bicyclic) bond motifs is 1. The molecule has 0 fully saturated rings. The molecule has 1 nitrogen and oxygen atoms in total. The Kier molecular flexibility index (Phi) is 2.65. The van der Waals surface area contributed by atoms with Crippen LogP contribution in [0.25, 0.3) is 10.9 Å². The molecule has 2 rings (SSSR count). The zero-order valence-electron chi connectivity index (χ0n) is 7.64. The second kappa shape index (κ2) is 3.81. The number of nitrogens with one attached hydrogen (secondary N) is 1. The third kappa shape index (κ3) is 2.47. The molecule has 0 saturated heterocycles. The van der Waals surface area contributed by atoms with Crippen molar-refractivity contribution in [2.24, 2.45) is 0 Å². The number of thioether (sulfide) groups is 1. The Labute approximate surface area is 88.7 Å². The van der Waals surface area contributed by atoms with Gasteiger partial charge in [-0.3, -0.25) is 0 Å². The largest absolute Gasteiger partial charge is 0.442 e. The van der Waals surface area contributed by atoms with E-state index in [0.717, 1.165) is 10.9 Å². The highest BCUT2D eigenvalue weighted by atomic mass is 32.2. The summed E-state index contributed by atoms with van der Waals surface area (Å²) >= 11 is -0.0139. The first kappa shape index (κ1) is 10.4. The number of aromatic amines is 1. The summed E-state index contributed by atoms with van der Waals surface area (Å²) in [6.45, 7) is 0. The summed E-state index contributed by atoms with van der Waals surface area (Å²) in [7, 11) is 0. The summed E-state index contributed by atoms with van der Waals surface area (Å²) in [6, 6.07) is 7.33. The fourth-order valence-corrected chi connectivity index (χ4v) is 1.97. The second-order valence-corrected chi connectivity index (χ2v) is 4.13. The minimum Gasteiger partial charge on any atom is -0.361 e. The Morgan fingerprint density at radius 1 is 1.20 bits per heavy atom. The number of benzene rings is 1. The predicted molar refractivity (Wildman–Crippen MR) is 55.6 cm³/mol. The van der Waals surface area contributed by atoms with E-state index in [2.05, 4.69) is 4.98 Å². The number of H-pyrrole nitrogens is 1. The molecule has 2 aromatic rings. The van der Waals surface area contributed by atoms with E-state index in [-0.39, 0.29) is 17.5 Å². The number of hydrogen-bond donors (Lipinski definition) is 1. The van der Waals surface area contributed by atoms with E-state index in [1.165, 1.54) is 0 Å². The Balaban J connectivity index is 2.22. The average Bonchev–Trinajstić information content (AvgIpc) is 2.57. The molecule has 0 aliphatic heterocycles. The molecule has 0 aliphatic carbocycles. The maximum absolute atomic E-state index is 12.0. The van der Waals surface area contributed by atoms with Gasteiger partial charge in [-0.05, 0) is 23.4 Å². The molecule has 0 saturated carbocycles. The van der Waals surface area contributed by atoms with Gasteiger partial charge in [0.2, 0.25) is 0 Å². The number of hydrogen-bond acceptors (Lipinski definition) is 1. The van der Waals surface area contributed by atoms with Gasteiger partial charge in [-0.2, -0.15) is 13.2 Å². The van der Waals surface area contributed by atoms with E-state index in [9.17, 15) is 13.2 Å². The van der Waals surface area contributed by atoms with Crippen molar-refractivity contribution < 1.29 is 13.2 Å². The highest BCUT2D eigenvalue weighted by Crippen LogP contribution is 2.34. The minimum absolute atomic E-state index is 0.0139. The number of aromatic nitrogens is 1. The van der Waals surface area contributed by atoms with Gasteiger partial charge in [0.25, 0.3) is 0 Å². The van der Waals surface area contributed by atoms with Gasteiger partial charge < -0.3 is 4.98 Å². The average molecular weight is 231 g/mol. The van der Waals surface area contributed by atoms with Crippen molar-refractivity contribution in [1.82, 2.24) is 4.98 Å². The topological polar surface area (TPSA) is 15.8 Å². The molecule has 0 aliphatic rings. The molecule has 0 bridgehead atoms. The van der Waals surface area contributed by atoms with Gasteiger partial charge in [0.05, 0.1) is 0 Å². The summed E-state index contributed by atoms with van der Waals surface area (Å²) in [5.74, 6) is -0.0481. The van der Waals surface area contributed by atoms with E-state index in [1.807, 2.05) is 24.3 Å². The van der Waals surface area contributed by atoms with Crippen molar-refractivity contribution in [2.45, 2.75) is 11.3 Å². The molecular weight excluding hydrogens is 223 g/mol. The van der Waals surface area contributed by atoms with Gasteiger partial charge in [0, 0.05) is 22.9 Å². The standard InChI is InChI=1S/C10H8F3NS/c11-10(12,13)15-6-7-5-14-9-4-2-1-3-8(7)9/h1-5,14H,6H2. The van der Waals surface area contributed by atoms with Crippen LogP contribution >= 0.6 is 11.8 Å². The lowest BCUT2D eigenvalue weighted by Crippen LogP contribution is -1.99. The molecule has 1 heterocycles. The van der Waals surface area contributed by atoms with Crippen molar-refractivity contribution in [3.05, 3.63) is 36.0 Å². The highest BCUT2D eigenvalue weighted by Gasteiger charge is 2.28. The van der Waals surface area contributed by atoms with E-state index in [4.69, 9.17) is 0 Å².